The maximum atomic E-state index is 12.1. The zero-order valence-corrected chi connectivity index (χ0v) is 12.6. The molecule has 0 radical (unpaired) electrons. The molecule has 20 heavy (non-hydrogen) atoms. The monoisotopic (exact) mass is 295 g/mol. The lowest BCUT2D eigenvalue weighted by atomic mass is 10.2. The van der Waals surface area contributed by atoms with Crippen LogP contribution >= 0.6 is 11.8 Å². The summed E-state index contributed by atoms with van der Waals surface area (Å²) in [5, 5.41) is 14.9. The largest absolute Gasteiger partial charge is 0.352 e. The lowest BCUT2D eigenvalue weighted by Crippen LogP contribution is -2.37. The number of thioether (sulfide) groups is 1. The van der Waals surface area contributed by atoms with Crippen molar-refractivity contribution in [1.29, 1.82) is 0 Å². The van der Waals surface area contributed by atoms with Crippen molar-refractivity contribution in [3.05, 3.63) is 5.82 Å². The molecule has 1 heterocycles. The number of carbonyl (C=O) groups excluding carboxylic acids is 1. The summed E-state index contributed by atoms with van der Waals surface area (Å²) < 4.78 is 1.91. The molecule has 1 aromatic rings. The molecule has 0 bridgehead atoms. The summed E-state index contributed by atoms with van der Waals surface area (Å²) in [6.07, 6.45) is 7.07. The van der Waals surface area contributed by atoms with Gasteiger partial charge in [0.05, 0.1) is 17.0 Å². The fourth-order valence-corrected chi connectivity index (χ4v) is 3.38. The molecule has 1 unspecified atom stereocenters. The van der Waals surface area contributed by atoms with Crippen LogP contribution in [0.25, 0.3) is 0 Å². The summed E-state index contributed by atoms with van der Waals surface area (Å²) in [5.41, 5.74) is 0. The number of hydrogen-bond acceptors (Lipinski definition) is 5. The zero-order chi connectivity index (χ0) is 13.9. The van der Waals surface area contributed by atoms with Crippen molar-refractivity contribution in [2.24, 2.45) is 0 Å². The minimum absolute atomic E-state index is 0.0556. The molecule has 2 aliphatic rings. The lowest BCUT2D eigenvalue weighted by Gasteiger charge is -2.16. The van der Waals surface area contributed by atoms with Gasteiger partial charge >= 0.3 is 0 Å². The number of tetrazole rings is 1. The van der Waals surface area contributed by atoms with Crippen molar-refractivity contribution < 1.29 is 4.79 Å². The Hall–Kier alpha value is -1.11. The molecule has 2 aliphatic carbocycles. The Balaban J connectivity index is 1.46. The molecule has 1 N–H and O–H groups in total. The van der Waals surface area contributed by atoms with Crippen LogP contribution in [-0.2, 0) is 10.5 Å². The van der Waals surface area contributed by atoms with Crippen LogP contribution in [0.5, 0.6) is 0 Å². The Labute approximate surface area is 123 Å². The van der Waals surface area contributed by atoms with Crippen LogP contribution in [0.2, 0.25) is 0 Å². The summed E-state index contributed by atoms with van der Waals surface area (Å²) >= 11 is 1.61. The lowest BCUT2D eigenvalue weighted by molar-refractivity contribution is -0.120. The molecule has 0 spiro atoms. The van der Waals surface area contributed by atoms with E-state index in [2.05, 4.69) is 20.8 Å². The van der Waals surface area contributed by atoms with Gasteiger partial charge in [-0.15, -0.1) is 16.9 Å². The highest BCUT2D eigenvalue weighted by Crippen LogP contribution is 2.35. The van der Waals surface area contributed by atoms with Crippen LogP contribution in [0, 0.1) is 0 Å². The fourth-order valence-electron chi connectivity index (χ4n) is 2.57. The number of carbonyl (C=O) groups is 1. The van der Waals surface area contributed by atoms with E-state index < -0.39 is 0 Å². The second-order valence-corrected chi connectivity index (χ2v) is 7.04. The molecule has 0 saturated heterocycles. The summed E-state index contributed by atoms with van der Waals surface area (Å²) in [6, 6.07) is 0.880. The number of nitrogens with zero attached hydrogens (tertiary/aromatic N) is 4. The van der Waals surface area contributed by atoms with Gasteiger partial charge in [0.15, 0.2) is 5.82 Å². The molecule has 1 atom stereocenters. The Morgan fingerprint density at radius 1 is 1.40 bits per heavy atom. The molecule has 2 saturated carbocycles. The predicted octanol–water partition coefficient (Wildman–Crippen LogP) is 1.69. The summed E-state index contributed by atoms with van der Waals surface area (Å²) in [4.78, 5) is 12.1. The van der Waals surface area contributed by atoms with E-state index >= 15 is 0 Å². The van der Waals surface area contributed by atoms with Crippen LogP contribution < -0.4 is 5.32 Å². The highest BCUT2D eigenvalue weighted by Gasteiger charge is 2.28. The van der Waals surface area contributed by atoms with Crippen LogP contribution in [0.15, 0.2) is 0 Å². The van der Waals surface area contributed by atoms with Crippen LogP contribution in [-0.4, -0.2) is 37.4 Å². The van der Waals surface area contributed by atoms with Gasteiger partial charge in [0.2, 0.25) is 5.91 Å². The predicted molar refractivity (Wildman–Crippen MR) is 77.2 cm³/mol. The van der Waals surface area contributed by atoms with Crippen molar-refractivity contribution >= 4 is 17.7 Å². The molecule has 3 rings (SSSR count). The van der Waals surface area contributed by atoms with Gasteiger partial charge in [-0.3, -0.25) is 4.79 Å². The Morgan fingerprint density at radius 2 is 2.15 bits per heavy atom. The molecule has 2 fully saturated rings. The standard InChI is InChI=1S/C13H21N5OS/c1-9(13(19)14-10-4-2-3-5-10)20-8-12-15-16-17-18(12)11-6-7-11/h9-11H,2-8H2,1H3,(H,14,19). The molecule has 6 nitrogen and oxygen atoms in total. The van der Waals surface area contributed by atoms with Gasteiger partial charge in [-0.1, -0.05) is 12.8 Å². The first kappa shape index (κ1) is 13.9. The smallest absolute Gasteiger partial charge is 0.233 e. The number of amides is 1. The summed E-state index contributed by atoms with van der Waals surface area (Å²) in [5.74, 6) is 1.73. The normalized spacial score (nSPS) is 21.1. The molecule has 0 aliphatic heterocycles. The maximum Gasteiger partial charge on any atom is 0.233 e. The van der Waals surface area contributed by atoms with E-state index in [0.717, 1.165) is 18.7 Å². The first-order valence-corrected chi connectivity index (χ1v) is 8.47. The highest BCUT2D eigenvalue weighted by molar-refractivity contribution is 7.99. The van der Waals surface area contributed by atoms with Crippen molar-refractivity contribution in [3.63, 3.8) is 0 Å². The minimum atomic E-state index is -0.0556. The Morgan fingerprint density at radius 3 is 2.85 bits per heavy atom. The van der Waals surface area contributed by atoms with Crippen LogP contribution in [0.4, 0.5) is 0 Å². The fraction of sp³-hybridized carbons (Fsp3) is 0.846. The van der Waals surface area contributed by atoms with Gasteiger partial charge in [-0.2, -0.15) is 0 Å². The molecule has 110 valence electrons. The minimum Gasteiger partial charge on any atom is -0.352 e. The van der Waals surface area contributed by atoms with Gasteiger partial charge in [0.1, 0.15) is 0 Å². The topological polar surface area (TPSA) is 72.7 Å². The van der Waals surface area contributed by atoms with E-state index in [-0.39, 0.29) is 11.2 Å². The van der Waals surface area contributed by atoms with Gasteiger partial charge in [-0.05, 0) is 43.0 Å². The molecular weight excluding hydrogens is 274 g/mol. The molecule has 0 aromatic carbocycles. The highest BCUT2D eigenvalue weighted by atomic mass is 32.2. The van der Waals surface area contributed by atoms with Crippen molar-refractivity contribution in [3.8, 4) is 0 Å². The van der Waals surface area contributed by atoms with Gasteiger partial charge in [0.25, 0.3) is 0 Å². The zero-order valence-electron chi connectivity index (χ0n) is 11.8. The van der Waals surface area contributed by atoms with Crippen LogP contribution in [0.1, 0.15) is 57.3 Å². The van der Waals surface area contributed by atoms with E-state index in [1.54, 1.807) is 11.8 Å². The van der Waals surface area contributed by atoms with E-state index in [1.165, 1.54) is 25.7 Å². The average molecular weight is 295 g/mol. The SMILES string of the molecule is CC(SCc1nnnn1C1CC1)C(=O)NC1CCCC1. The van der Waals surface area contributed by atoms with E-state index in [1.807, 2.05) is 11.6 Å². The second kappa shape index (κ2) is 6.11. The Kier molecular flexibility index (Phi) is 4.24. The van der Waals surface area contributed by atoms with E-state index in [0.29, 0.717) is 17.8 Å². The summed E-state index contributed by atoms with van der Waals surface area (Å²) in [7, 11) is 0. The maximum absolute atomic E-state index is 12.1. The second-order valence-electron chi connectivity index (χ2n) is 5.71. The number of aromatic nitrogens is 4. The van der Waals surface area contributed by atoms with Crippen LogP contribution in [0.3, 0.4) is 0 Å². The molecule has 1 aromatic heterocycles. The summed E-state index contributed by atoms with van der Waals surface area (Å²) in [6.45, 7) is 1.96. The molecular formula is C13H21N5OS. The first-order valence-electron chi connectivity index (χ1n) is 7.43. The number of nitrogens with one attached hydrogen (secondary N) is 1. The van der Waals surface area contributed by atoms with Gasteiger partial charge < -0.3 is 5.32 Å². The quantitative estimate of drug-likeness (QED) is 0.864. The van der Waals surface area contributed by atoms with Crippen molar-refractivity contribution in [2.75, 3.05) is 0 Å². The first-order chi connectivity index (χ1) is 9.74. The molecule has 1 amide bonds. The van der Waals surface area contributed by atoms with E-state index in [4.69, 9.17) is 0 Å². The van der Waals surface area contributed by atoms with Gasteiger partial charge in [0, 0.05) is 6.04 Å². The van der Waals surface area contributed by atoms with E-state index in [9.17, 15) is 4.79 Å². The van der Waals surface area contributed by atoms with Crippen molar-refractivity contribution in [2.45, 2.75) is 68.5 Å². The molecule has 7 heteroatoms. The van der Waals surface area contributed by atoms with Crippen molar-refractivity contribution in [1.82, 2.24) is 25.5 Å². The van der Waals surface area contributed by atoms with Gasteiger partial charge in [-0.25, -0.2) is 4.68 Å². The number of rotatable bonds is 6. The Bertz CT molecular complexity index is 467. The third kappa shape index (κ3) is 3.31. The average Bonchev–Trinajstić information content (AvgIpc) is 2.97. The third-order valence-corrected chi connectivity index (χ3v) is 5.13. The number of hydrogen-bond donors (Lipinski definition) is 1. The third-order valence-electron chi connectivity index (χ3n) is 3.99.